The zero-order chi connectivity index (χ0) is 14.0. The van der Waals surface area contributed by atoms with Crippen LogP contribution in [0.3, 0.4) is 0 Å². The molecule has 0 saturated carbocycles. The van der Waals surface area contributed by atoms with E-state index in [4.69, 9.17) is 5.11 Å². The van der Waals surface area contributed by atoms with Crippen molar-refractivity contribution in [1.82, 2.24) is 0 Å². The third-order valence-corrected chi connectivity index (χ3v) is 3.92. The highest BCUT2D eigenvalue weighted by molar-refractivity contribution is 5.77. The number of anilines is 2. The molecule has 0 bridgehead atoms. The molecule has 4 nitrogen and oxygen atoms in total. The summed E-state index contributed by atoms with van der Waals surface area (Å²) in [5.74, 6) is -0.733. The first kappa shape index (κ1) is 13.7. The third-order valence-electron chi connectivity index (χ3n) is 3.92. The summed E-state index contributed by atoms with van der Waals surface area (Å²) in [4.78, 5) is 15.3. The second kappa shape index (κ2) is 5.51. The molecule has 4 heteroatoms. The predicted molar refractivity (Wildman–Crippen MR) is 78.3 cm³/mol. The van der Waals surface area contributed by atoms with Crippen molar-refractivity contribution < 1.29 is 9.90 Å². The molecule has 0 aliphatic carbocycles. The van der Waals surface area contributed by atoms with Gasteiger partial charge in [0.25, 0.3) is 0 Å². The maximum Gasteiger partial charge on any atom is 0.305 e. The van der Waals surface area contributed by atoms with Gasteiger partial charge < -0.3 is 14.9 Å². The van der Waals surface area contributed by atoms with Gasteiger partial charge >= 0.3 is 5.97 Å². The van der Waals surface area contributed by atoms with Crippen molar-refractivity contribution in [3.63, 3.8) is 0 Å². The van der Waals surface area contributed by atoms with Crippen molar-refractivity contribution in [1.29, 1.82) is 0 Å². The second-order valence-corrected chi connectivity index (χ2v) is 5.28. The van der Waals surface area contributed by atoms with E-state index in [0.29, 0.717) is 6.54 Å². The minimum atomic E-state index is -0.733. The van der Waals surface area contributed by atoms with E-state index in [1.54, 1.807) is 0 Å². The SMILES string of the molecule is Cc1ccc2c(c1C)N(C)CCCN2CCC(=O)O. The lowest BCUT2D eigenvalue weighted by molar-refractivity contribution is -0.136. The van der Waals surface area contributed by atoms with Crippen LogP contribution < -0.4 is 9.80 Å². The molecule has 1 N–H and O–H groups in total. The molecule has 0 spiro atoms. The Labute approximate surface area is 114 Å². The van der Waals surface area contributed by atoms with Crippen molar-refractivity contribution in [2.75, 3.05) is 36.5 Å². The Morgan fingerprint density at radius 3 is 2.74 bits per heavy atom. The molecule has 0 amide bonds. The van der Waals surface area contributed by atoms with E-state index in [-0.39, 0.29) is 6.42 Å². The normalized spacial score (nSPS) is 15.1. The van der Waals surface area contributed by atoms with Crippen molar-refractivity contribution >= 4 is 17.3 Å². The predicted octanol–water partition coefficient (Wildman–Crippen LogP) is 2.42. The maximum absolute atomic E-state index is 10.8. The number of carbonyl (C=O) groups is 1. The molecule has 1 aromatic rings. The van der Waals surface area contributed by atoms with Crippen molar-refractivity contribution in [2.24, 2.45) is 0 Å². The van der Waals surface area contributed by atoms with Crippen LogP contribution in [0.25, 0.3) is 0 Å². The Balaban J connectivity index is 2.37. The van der Waals surface area contributed by atoms with Crippen LogP contribution in [0.2, 0.25) is 0 Å². The standard InChI is InChI=1S/C15H22N2O2/c1-11-5-6-13-15(12(11)2)16(3)8-4-9-17(13)10-7-14(18)19/h5-6H,4,7-10H2,1-3H3,(H,18,19). The lowest BCUT2D eigenvalue weighted by Gasteiger charge is -2.27. The average Bonchev–Trinajstić information content (AvgIpc) is 2.51. The Bertz CT molecular complexity index is 485. The van der Waals surface area contributed by atoms with Gasteiger partial charge in [-0.05, 0) is 37.5 Å². The smallest absolute Gasteiger partial charge is 0.305 e. The maximum atomic E-state index is 10.8. The van der Waals surface area contributed by atoms with Crippen molar-refractivity contribution in [3.05, 3.63) is 23.3 Å². The molecule has 0 aromatic heterocycles. The first-order valence-corrected chi connectivity index (χ1v) is 6.79. The molecular weight excluding hydrogens is 240 g/mol. The molecule has 1 aliphatic rings. The third kappa shape index (κ3) is 2.83. The fourth-order valence-electron chi connectivity index (χ4n) is 2.72. The van der Waals surface area contributed by atoms with Crippen LogP contribution in [0, 0.1) is 13.8 Å². The molecule has 19 heavy (non-hydrogen) atoms. The van der Waals surface area contributed by atoms with E-state index in [0.717, 1.165) is 19.5 Å². The summed E-state index contributed by atoms with van der Waals surface area (Å²) in [7, 11) is 2.12. The van der Waals surface area contributed by atoms with E-state index in [1.807, 2.05) is 0 Å². The molecule has 1 heterocycles. The first-order chi connectivity index (χ1) is 9.00. The second-order valence-electron chi connectivity index (χ2n) is 5.28. The number of aliphatic carboxylic acids is 1. The van der Waals surface area contributed by atoms with Crippen LogP contribution >= 0.6 is 0 Å². The number of carboxylic acid groups (broad SMARTS) is 1. The van der Waals surface area contributed by atoms with E-state index in [2.05, 4.69) is 42.8 Å². The monoisotopic (exact) mass is 262 g/mol. The Morgan fingerprint density at radius 2 is 2.05 bits per heavy atom. The first-order valence-electron chi connectivity index (χ1n) is 6.79. The highest BCUT2D eigenvalue weighted by atomic mass is 16.4. The van der Waals surface area contributed by atoms with Crippen LogP contribution in [0.1, 0.15) is 24.0 Å². The summed E-state index contributed by atoms with van der Waals surface area (Å²) in [6.45, 7) is 6.79. The number of nitrogens with zero attached hydrogens (tertiary/aromatic N) is 2. The Morgan fingerprint density at radius 1 is 1.32 bits per heavy atom. The lowest BCUT2D eigenvalue weighted by atomic mass is 10.0. The number of carboxylic acids is 1. The van der Waals surface area contributed by atoms with Crippen molar-refractivity contribution in [3.8, 4) is 0 Å². The topological polar surface area (TPSA) is 43.8 Å². The molecule has 1 aliphatic heterocycles. The number of hydrogen-bond acceptors (Lipinski definition) is 3. The van der Waals surface area contributed by atoms with Crippen LogP contribution in [0.4, 0.5) is 11.4 Å². The van der Waals surface area contributed by atoms with Gasteiger partial charge in [-0.3, -0.25) is 4.79 Å². The highest BCUT2D eigenvalue weighted by Gasteiger charge is 2.21. The zero-order valence-electron chi connectivity index (χ0n) is 11.9. The number of hydrogen-bond donors (Lipinski definition) is 1. The molecule has 104 valence electrons. The van der Waals surface area contributed by atoms with Crippen molar-refractivity contribution in [2.45, 2.75) is 26.7 Å². The lowest BCUT2D eigenvalue weighted by Crippen LogP contribution is -2.26. The summed E-state index contributed by atoms with van der Waals surface area (Å²) < 4.78 is 0. The number of fused-ring (bicyclic) bond motifs is 1. The molecule has 0 saturated heterocycles. The fraction of sp³-hybridized carbons (Fsp3) is 0.533. The van der Waals surface area contributed by atoms with Gasteiger partial charge in [0.05, 0.1) is 17.8 Å². The van der Waals surface area contributed by atoms with Crippen LogP contribution in [0.5, 0.6) is 0 Å². The molecule has 0 radical (unpaired) electrons. The van der Waals surface area contributed by atoms with E-state index >= 15 is 0 Å². The van der Waals surface area contributed by atoms with E-state index in [9.17, 15) is 4.79 Å². The number of benzene rings is 1. The summed E-state index contributed by atoms with van der Waals surface area (Å²) >= 11 is 0. The van der Waals surface area contributed by atoms with Gasteiger partial charge in [0, 0.05) is 26.7 Å². The van der Waals surface area contributed by atoms with Crippen LogP contribution in [-0.2, 0) is 4.79 Å². The van der Waals surface area contributed by atoms with Crippen LogP contribution in [-0.4, -0.2) is 37.8 Å². The van der Waals surface area contributed by atoms with E-state index in [1.165, 1.54) is 22.5 Å². The zero-order valence-corrected chi connectivity index (χ0v) is 11.9. The van der Waals surface area contributed by atoms with Gasteiger partial charge in [0.2, 0.25) is 0 Å². The van der Waals surface area contributed by atoms with Gasteiger partial charge in [0.1, 0.15) is 0 Å². The van der Waals surface area contributed by atoms with Gasteiger partial charge in [0.15, 0.2) is 0 Å². The molecule has 0 unspecified atom stereocenters. The highest BCUT2D eigenvalue weighted by Crippen LogP contribution is 2.36. The summed E-state index contributed by atoms with van der Waals surface area (Å²) in [6.07, 6.45) is 1.25. The molecule has 1 aromatic carbocycles. The van der Waals surface area contributed by atoms with Gasteiger partial charge in [-0.1, -0.05) is 6.07 Å². The van der Waals surface area contributed by atoms with Gasteiger partial charge in [-0.2, -0.15) is 0 Å². The minimum Gasteiger partial charge on any atom is -0.481 e. The largest absolute Gasteiger partial charge is 0.481 e. The Kier molecular flexibility index (Phi) is 3.98. The van der Waals surface area contributed by atoms with Gasteiger partial charge in [-0.25, -0.2) is 0 Å². The molecule has 0 atom stereocenters. The van der Waals surface area contributed by atoms with Gasteiger partial charge in [-0.15, -0.1) is 0 Å². The number of aryl methyl sites for hydroxylation is 1. The molecular formula is C15H22N2O2. The average molecular weight is 262 g/mol. The fourth-order valence-corrected chi connectivity index (χ4v) is 2.72. The Hall–Kier alpha value is -1.71. The summed E-state index contributed by atoms with van der Waals surface area (Å²) in [5.41, 5.74) is 5.00. The molecule has 0 fully saturated rings. The number of rotatable bonds is 3. The van der Waals surface area contributed by atoms with Crippen LogP contribution in [0.15, 0.2) is 12.1 Å². The summed E-state index contributed by atoms with van der Waals surface area (Å²) in [5, 5.41) is 8.88. The van der Waals surface area contributed by atoms with E-state index < -0.39 is 5.97 Å². The quantitative estimate of drug-likeness (QED) is 0.908. The minimum absolute atomic E-state index is 0.191. The molecule has 2 rings (SSSR count). The summed E-state index contributed by atoms with van der Waals surface area (Å²) in [6, 6.07) is 4.25.